The van der Waals surface area contributed by atoms with Crippen LogP contribution in [-0.2, 0) is 5.33 Å². The molecule has 0 heterocycles. The molecule has 0 saturated heterocycles. The molecule has 0 N–H and O–H groups in total. The Kier molecular flexibility index (Phi) is 4.59. The highest BCUT2D eigenvalue weighted by atomic mass is 79.9. The van der Waals surface area contributed by atoms with Gasteiger partial charge in [0.15, 0.2) is 0 Å². The molecule has 0 atom stereocenters. The second kappa shape index (κ2) is 6.20. The van der Waals surface area contributed by atoms with Crippen molar-refractivity contribution in [1.82, 2.24) is 0 Å². The van der Waals surface area contributed by atoms with E-state index < -0.39 is 0 Å². The van der Waals surface area contributed by atoms with Crippen molar-refractivity contribution in [1.29, 1.82) is 0 Å². The van der Waals surface area contributed by atoms with Gasteiger partial charge in [0.2, 0.25) is 0 Å². The molecule has 0 aromatic heterocycles. The monoisotopic (exact) mass is 321 g/mol. The highest BCUT2D eigenvalue weighted by molar-refractivity contribution is 9.08. The van der Waals surface area contributed by atoms with Gasteiger partial charge in [0, 0.05) is 23.2 Å². The predicted octanol–water partition coefficient (Wildman–Crippen LogP) is 5.19. The highest BCUT2D eigenvalue weighted by Gasteiger charge is 2.09. The summed E-state index contributed by atoms with van der Waals surface area (Å²) in [5.41, 5.74) is 4.49. The van der Waals surface area contributed by atoms with Gasteiger partial charge in [0.1, 0.15) is 5.82 Å². The number of alkyl halides is 1. The zero-order chi connectivity index (χ0) is 13.8. The lowest BCUT2D eigenvalue weighted by molar-refractivity contribution is 0.627. The largest absolute Gasteiger partial charge is 0.342 e. The number of halogens is 2. The molecule has 0 aliphatic rings. The molecule has 19 heavy (non-hydrogen) atoms. The molecule has 0 saturated carbocycles. The van der Waals surface area contributed by atoms with Crippen LogP contribution in [-0.4, -0.2) is 6.54 Å². The first-order chi connectivity index (χ1) is 9.15. The molecule has 2 rings (SSSR count). The van der Waals surface area contributed by atoms with Gasteiger partial charge in [-0.3, -0.25) is 0 Å². The Bertz CT molecular complexity index is 568. The molecule has 0 fully saturated rings. The average Bonchev–Trinajstić information content (AvgIpc) is 2.40. The van der Waals surface area contributed by atoms with Crippen LogP contribution in [0.15, 0.2) is 42.5 Å². The van der Waals surface area contributed by atoms with Crippen LogP contribution >= 0.6 is 15.9 Å². The molecule has 0 amide bonds. The van der Waals surface area contributed by atoms with Gasteiger partial charge < -0.3 is 4.90 Å². The average molecular weight is 322 g/mol. The van der Waals surface area contributed by atoms with Crippen molar-refractivity contribution in [2.45, 2.75) is 19.2 Å². The van der Waals surface area contributed by atoms with Gasteiger partial charge in [0.05, 0.1) is 0 Å². The SMILES string of the molecule is CCN(c1cccc(F)c1)c1ccc(CBr)c(C)c1. The van der Waals surface area contributed by atoms with E-state index in [2.05, 4.69) is 52.9 Å². The lowest BCUT2D eigenvalue weighted by Gasteiger charge is -2.24. The van der Waals surface area contributed by atoms with Crippen molar-refractivity contribution in [3.63, 3.8) is 0 Å². The molecule has 0 radical (unpaired) electrons. The summed E-state index contributed by atoms with van der Waals surface area (Å²) in [6.07, 6.45) is 0. The number of anilines is 2. The van der Waals surface area contributed by atoms with Gasteiger partial charge in [-0.05, 0) is 55.3 Å². The third kappa shape index (κ3) is 3.16. The van der Waals surface area contributed by atoms with Crippen LogP contribution in [0, 0.1) is 12.7 Å². The molecule has 0 bridgehead atoms. The van der Waals surface area contributed by atoms with E-state index in [4.69, 9.17) is 0 Å². The van der Waals surface area contributed by atoms with Gasteiger partial charge in [-0.15, -0.1) is 0 Å². The van der Waals surface area contributed by atoms with Crippen molar-refractivity contribution in [2.24, 2.45) is 0 Å². The van der Waals surface area contributed by atoms with E-state index in [0.717, 1.165) is 23.2 Å². The van der Waals surface area contributed by atoms with Crippen molar-refractivity contribution >= 4 is 27.3 Å². The Morgan fingerprint density at radius 1 is 1.11 bits per heavy atom. The summed E-state index contributed by atoms with van der Waals surface area (Å²) < 4.78 is 13.3. The third-order valence-corrected chi connectivity index (χ3v) is 3.82. The molecular weight excluding hydrogens is 305 g/mol. The number of hydrogen-bond donors (Lipinski definition) is 0. The molecule has 100 valence electrons. The predicted molar refractivity (Wildman–Crippen MR) is 82.9 cm³/mol. The van der Waals surface area contributed by atoms with Crippen LogP contribution in [0.3, 0.4) is 0 Å². The number of aryl methyl sites for hydroxylation is 1. The molecule has 0 spiro atoms. The van der Waals surface area contributed by atoms with Crippen LogP contribution in [0.25, 0.3) is 0 Å². The minimum Gasteiger partial charge on any atom is -0.342 e. The van der Waals surface area contributed by atoms with Crippen LogP contribution in [0.5, 0.6) is 0 Å². The standard InChI is InChI=1S/C16H17BrFN/c1-3-19(15-6-4-5-14(18)10-15)16-8-7-13(11-17)12(2)9-16/h4-10H,3,11H2,1-2H3. The zero-order valence-electron chi connectivity index (χ0n) is 11.2. The fraction of sp³-hybridized carbons (Fsp3) is 0.250. The fourth-order valence-corrected chi connectivity index (χ4v) is 2.79. The number of hydrogen-bond acceptors (Lipinski definition) is 1. The lowest BCUT2D eigenvalue weighted by atomic mass is 10.1. The Morgan fingerprint density at radius 3 is 2.42 bits per heavy atom. The maximum absolute atomic E-state index is 13.3. The van der Waals surface area contributed by atoms with Crippen molar-refractivity contribution in [3.05, 3.63) is 59.4 Å². The summed E-state index contributed by atoms with van der Waals surface area (Å²) in [5, 5.41) is 0.852. The Hall–Kier alpha value is -1.35. The van der Waals surface area contributed by atoms with Gasteiger partial charge >= 0.3 is 0 Å². The van der Waals surface area contributed by atoms with Crippen LogP contribution in [0.2, 0.25) is 0 Å². The minimum absolute atomic E-state index is 0.204. The Labute approximate surface area is 122 Å². The topological polar surface area (TPSA) is 3.24 Å². The van der Waals surface area contributed by atoms with Crippen LogP contribution in [0.4, 0.5) is 15.8 Å². The maximum atomic E-state index is 13.3. The zero-order valence-corrected chi connectivity index (χ0v) is 12.7. The van der Waals surface area contributed by atoms with E-state index in [1.54, 1.807) is 12.1 Å². The van der Waals surface area contributed by atoms with Gasteiger partial charge in [0.25, 0.3) is 0 Å². The first-order valence-corrected chi connectivity index (χ1v) is 7.46. The highest BCUT2D eigenvalue weighted by Crippen LogP contribution is 2.28. The quantitative estimate of drug-likeness (QED) is 0.701. The van der Waals surface area contributed by atoms with E-state index in [9.17, 15) is 4.39 Å². The molecule has 3 heteroatoms. The van der Waals surface area contributed by atoms with Crippen LogP contribution in [0.1, 0.15) is 18.1 Å². The summed E-state index contributed by atoms with van der Waals surface area (Å²) in [6.45, 7) is 4.97. The molecule has 1 nitrogen and oxygen atoms in total. The summed E-state index contributed by atoms with van der Waals surface area (Å²) in [5.74, 6) is -0.204. The fourth-order valence-electron chi connectivity index (χ4n) is 2.16. The van der Waals surface area contributed by atoms with E-state index in [-0.39, 0.29) is 5.82 Å². The third-order valence-electron chi connectivity index (χ3n) is 3.22. The first-order valence-electron chi connectivity index (χ1n) is 6.34. The normalized spacial score (nSPS) is 10.5. The molecule has 0 unspecified atom stereocenters. The summed E-state index contributed by atoms with van der Waals surface area (Å²) in [6, 6.07) is 13.0. The Balaban J connectivity index is 2.39. The Morgan fingerprint density at radius 2 is 1.84 bits per heavy atom. The molecule has 0 aliphatic carbocycles. The second-order valence-corrected chi connectivity index (χ2v) is 5.03. The lowest BCUT2D eigenvalue weighted by Crippen LogP contribution is -2.16. The number of nitrogens with zero attached hydrogens (tertiary/aromatic N) is 1. The van der Waals surface area contributed by atoms with Gasteiger partial charge in [-0.25, -0.2) is 4.39 Å². The molecule has 0 aliphatic heterocycles. The summed E-state index contributed by atoms with van der Waals surface area (Å²) in [4.78, 5) is 2.11. The van der Waals surface area contributed by atoms with E-state index in [1.165, 1.54) is 17.2 Å². The van der Waals surface area contributed by atoms with Crippen molar-refractivity contribution in [3.8, 4) is 0 Å². The van der Waals surface area contributed by atoms with E-state index in [1.807, 2.05) is 6.07 Å². The first kappa shape index (κ1) is 14.1. The smallest absolute Gasteiger partial charge is 0.125 e. The summed E-state index contributed by atoms with van der Waals surface area (Å²) >= 11 is 3.48. The van der Waals surface area contributed by atoms with Crippen molar-refractivity contribution < 1.29 is 4.39 Å². The maximum Gasteiger partial charge on any atom is 0.125 e. The van der Waals surface area contributed by atoms with E-state index >= 15 is 0 Å². The number of rotatable bonds is 4. The van der Waals surface area contributed by atoms with Gasteiger partial charge in [-0.1, -0.05) is 28.1 Å². The van der Waals surface area contributed by atoms with Crippen molar-refractivity contribution in [2.75, 3.05) is 11.4 Å². The minimum atomic E-state index is -0.204. The van der Waals surface area contributed by atoms with Gasteiger partial charge in [-0.2, -0.15) is 0 Å². The number of benzene rings is 2. The van der Waals surface area contributed by atoms with E-state index in [0.29, 0.717) is 0 Å². The van der Waals surface area contributed by atoms with Crippen LogP contribution < -0.4 is 4.90 Å². The molecular formula is C16H17BrFN. The molecule has 2 aromatic carbocycles. The second-order valence-electron chi connectivity index (χ2n) is 4.47. The molecule has 2 aromatic rings. The summed E-state index contributed by atoms with van der Waals surface area (Å²) in [7, 11) is 0.